The van der Waals surface area contributed by atoms with E-state index in [1.54, 1.807) is 35.4 Å². The topological polar surface area (TPSA) is 199 Å². The number of allylic oxidation sites excluding steroid dienone is 1. The maximum atomic E-state index is 14.2. The number of sulfonamides is 1. The van der Waals surface area contributed by atoms with Gasteiger partial charge in [-0.25, -0.2) is 31.3 Å². The number of ether oxygens (including phenoxy) is 2. The average molecular weight is 1270 g/mol. The first-order valence-electron chi connectivity index (χ1n) is 29.2. The zero-order chi connectivity index (χ0) is 62.6. The SMILES string of the molecule is CN(CCCNc1ccc(S(=O)(=O)NC(=O)c2ccc(N3CCN(CC4=C(c5ccc(Cl)cc5)CC[C@@](C)(CN5CCN(C(=O)OC(C)(C)C)CC5)C4)CC3)cc2Oc2cnc3[nH]ccc3c2)cc1S(=O)(=O)C(F)(F)F)CCO[Si](C)(C)C(C)(C)C. The van der Waals surface area contributed by atoms with E-state index in [2.05, 4.69) is 82.9 Å². The molecule has 0 unspecified atom stereocenters. The van der Waals surface area contributed by atoms with E-state index in [9.17, 15) is 39.6 Å². The van der Waals surface area contributed by atoms with Gasteiger partial charge in [-0.05, 0) is 149 Å². The predicted octanol–water partition coefficient (Wildman–Crippen LogP) is 11.5. The Balaban J connectivity index is 0.965. The highest BCUT2D eigenvalue weighted by Gasteiger charge is 2.48. The molecular formula is C61H83ClF3N9O9S2Si. The van der Waals surface area contributed by atoms with Crippen LogP contribution in [0.4, 0.5) is 29.3 Å². The summed E-state index contributed by atoms with van der Waals surface area (Å²) < 4.78 is 117. The summed E-state index contributed by atoms with van der Waals surface area (Å²) in [6.45, 7) is 27.4. The summed E-state index contributed by atoms with van der Waals surface area (Å²) in [6, 6.07) is 18.5. The minimum atomic E-state index is -6.09. The highest BCUT2D eigenvalue weighted by Crippen LogP contribution is 2.45. The van der Waals surface area contributed by atoms with Gasteiger partial charge in [0.15, 0.2) is 8.32 Å². The molecule has 0 spiro atoms. The Morgan fingerprint density at radius 2 is 1.55 bits per heavy atom. The Labute approximate surface area is 510 Å². The maximum absolute atomic E-state index is 14.2. The summed E-state index contributed by atoms with van der Waals surface area (Å²) in [7, 11) is -11.2. The molecule has 86 heavy (non-hydrogen) atoms. The average Bonchev–Trinajstić information content (AvgIpc) is 0.951. The van der Waals surface area contributed by atoms with E-state index in [-0.39, 0.29) is 40.2 Å². The lowest BCUT2D eigenvalue weighted by Gasteiger charge is -2.44. The number of H-pyrrole nitrogens is 1. The van der Waals surface area contributed by atoms with Crippen LogP contribution >= 0.6 is 11.6 Å². The number of carbonyl (C=O) groups is 2. The summed E-state index contributed by atoms with van der Waals surface area (Å²) in [5, 5.41) is 4.16. The van der Waals surface area contributed by atoms with Crippen molar-refractivity contribution in [1.82, 2.24) is 34.3 Å². The van der Waals surface area contributed by atoms with Crippen molar-refractivity contribution in [3.63, 3.8) is 0 Å². The second-order valence-electron chi connectivity index (χ2n) is 25.7. The lowest BCUT2D eigenvalue weighted by Crippen LogP contribution is -2.52. The monoisotopic (exact) mass is 1270 g/mol. The number of alkyl halides is 3. The number of carbonyl (C=O) groups excluding carboxylic acids is 2. The van der Waals surface area contributed by atoms with Crippen molar-refractivity contribution in [2.24, 2.45) is 5.41 Å². The number of sulfone groups is 1. The Morgan fingerprint density at radius 1 is 0.860 bits per heavy atom. The maximum Gasteiger partial charge on any atom is 0.501 e. The molecule has 1 aliphatic carbocycles. The van der Waals surface area contributed by atoms with Crippen LogP contribution in [0.15, 0.2) is 101 Å². The first-order chi connectivity index (χ1) is 40.2. The zero-order valence-corrected chi connectivity index (χ0v) is 54.4. The summed E-state index contributed by atoms with van der Waals surface area (Å²) in [5.74, 6) is -0.982. The van der Waals surface area contributed by atoms with Crippen LogP contribution < -0.4 is 19.7 Å². The number of anilines is 2. The lowest BCUT2D eigenvalue weighted by molar-refractivity contribution is -0.0436. The van der Waals surface area contributed by atoms with Crippen LogP contribution in [0.3, 0.4) is 0 Å². The molecular weight excluding hydrogens is 1190 g/mol. The molecule has 2 amide bonds. The number of benzene rings is 3. The first-order valence-corrected chi connectivity index (χ1v) is 35.4. The smallest absolute Gasteiger partial charge is 0.455 e. The number of rotatable bonds is 21. The highest BCUT2D eigenvalue weighted by molar-refractivity contribution is 7.92. The van der Waals surface area contributed by atoms with E-state index < -0.39 is 60.7 Å². The molecule has 470 valence electrons. The fourth-order valence-corrected chi connectivity index (χ4v) is 14.0. The molecule has 2 aromatic heterocycles. The van der Waals surface area contributed by atoms with E-state index in [1.807, 2.05) is 49.6 Å². The van der Waals surface area contributed by atoms with Crippen LogP contribution in [-0.2, 0) is 29.0 Å². The normalized spacial score (nSPS) is 18.2. The number of pyridine rings is 1. The number of piperazine rings is 2. The van der Waals surface area contributed by atoms with E-state index in [0.29, 0.717) is 93.2 Å². The number of aromatic amines is 1. The molecule has 4 heterocycles. The van der Waals surface area contributed by atoms with Gasteiger partial charge in [0, 0.05) is 114 Å². The van der Waals surface area contributed by atoms with E-state index in [1.165, 1.54) is 23.4 Å². The van der Waals surface area contributed by atoms with Crippen LogP contribution in [0.5, 0.6) is 11.5 Å². The molecule has 3 aliphatic rings. The fraction of sp³-hybridized carbons (Fsp3) is 0.525. The Kier molecular flexibility index (Phi) is 20.4. The van der Waals surface area contributed by atoms with Crippen molar-refractivity contribution < 1.29 is 53.5 Å². The molecule has 3 N–H and O–H groups in total. The van der Waals surface area contributed by atoms with Gasteiger partial charge < -0.3 is 38.9 Å². The second kappa shape index (κ2) is 26.5. The number of likely N-dealkylation sites (N-methyl/N-ethyl adjacent to an activating group) is 1. The number of halogens is 4. The predicted molar refractivity (Wildman–Crippen MR) is 334 cm³/mol. The van der Waals surface area contributed by atoms with Crippen molar-refractivity contribution in [2.75, 3.05) is 109 Å². The third-order valence-electron chi connectivity index (χ3n) is 16.7. The zero-order valence-electron chi connectivity index (χ0n) is 51.0. The first kappa shape index (κ1) is 66.2. The molecule has 0 saturated carbocycles. The Bertz CT molecular complexity index is 3490. The fourth-order valence-electron chi connectivity index (χ4n) is 10.8. The van der Waals surface area contributed by atoms with Crippen molar-refractivity contribution >= 4 is 79.8 Å². The van der Waals surface area contributed by atoms with Gasteiger partial charge in [-0.1, -0.05) is 57.0 Å². The summed E-state index contributed by atoms with van der Waals surface area (Å²) >= 11 is 6.36. The van der Waals surface area contributed by atoms with Crippen molar-refractivity contribution in [3.8, 4) is 11.5 Å². The number of fused-ring (bicyclic) bond motifs is 1. The Hall–Kier alpha value is -5.73. The molecule has 18 nitrogen and oxygen atoms in total. The largest absolute Gasteiger partial charge is 0.501 e. The molecule has 3 aromatic carbocycles. The van der Waals surface area contributed by atoms with Gasteiger partial charge in [-0.15, -0.1) is 0 Å². The summed E-state index contributed by atoms with van der Waals surface area (Å²) in [5.41, 5.74) is -1.91. The minimum absolute atomic E-state index is 0.00983. The second-order valence-corrected chi connectivity index (χ2v) is 34.5. The van der Waals surface area contributed by atoms with Crippen molar-refractivity contribution in [1.29, 1.82) is 0 Å². The van der Waals surface area contributed by atoms with Crippen LogP contribution in [-0.4, -0.2) is 177 Å². The molecule has 25 heteroatoms. The van der Waals surface area contributed by atoms with Crippen LogP contribution in [0, 0.1) is 5.41 Å². The Morgan fingerprint density at radius 3 is 2.21 bits per heavy atom. The number of hydrogen-bond donors (Lipinski definition) is 3. The van der Waals surface area contributed by atoms with Gasteiger partial charge in [0.2, 0.25) is 0 Å². The van der Waals surface area contributed by atoms with Crippen molar-refractivity contribution in [2.45, 2.75) is 113 Å². The minimum Gasteiger partial charge on any atom is -0.455 e. The third-order valence-corrected chi connectivity index (χ3v) is 24.3. The molecule has 2 aliphatic heterocycles. The van der Waals surface area contributed by atoms with Crippen LogP contribution in [0.25, 0.3) is 16.6 Å². The molecule has 0 radical (unpaired) electrons. The number of aromatic nitrogens is 2. The van der Waals surface area contributed by atoms with E-state index >= 15 is 0 Å². The highest BCUT2D eigenvalue weighted by atomic mass is 35.5. The third kappa shape index (κ3) is 16.7. The molecule has 2 saturated heterocycles. The number of hydrogen-bond acceptors (Lipinski definition) is 15. The van der Waals surface area contributed by atoms with Gasteiger partial charge in [0.1, 0.15) is 27.6 Å². The van der Waals surface area contributed by atoms with Crippen LogP contribution in [0.1, 0.15) is 90.1 Å². The van der Waals surface area contributed by atoms with Gasteiger partial charge >= 0.3 is 11.6 Å². The van der Waals surface area contributed by atoms with E-state index in [0.717, 1.165) is 63.1 Å². The van der Waals surface area contributed by atoms with Gasteiger partial charge in [0.25, 0.3) is 25.8 Å². The van der Waals surface area contributed by atoms with Gasteiger partial charge in [0.05, 0.1) is 22.3 Å². The lowest BCUT2D eigenvalue weighted by atomic mass is 9.71. The molecule has 2 fully saturated rings. The summed E-state index contributed by atoms with van der Waals surface area (Å²) in [4.78, 5) is 43.2. The quantitative estimate of drug-likeness (QED) is 0.0463. The number of amides is 2. The van der Waals surface area contributed by atoms with Crippen molar-refractivity contribution in [3.05, 3.63) is 107 Å². The molecule has 1 atom stereocenters. The van der Waals surface area contributed by atoms with Gasteiger partial charge in [-0.3, -0.25) is 14.6 Å². The van der Waals surface area contributed by atoms with Crippen LogP contribution in [0.2, 0.25) is 23.2 Å². The number of nitrogens with one attached hydrogen (secondary N) is 3. The van der Waals surface area contributed by atoms with Gasteiger partial charge in [-0.2, -0.15) is 13.2 Å². The summed E-state index contributed by atoms with van der Waals surface area (Å²) in [6.07, 6.45) is 6.07. The molecule has 5 aromatic rings. The standard InChI is InChI=1S/C61H83ClF3N9O9S2Si/c1-58(2,3)83-57(76)74-32-28-72(29-33-74)42-60(7)22-20-50(43-12-14-46(62)15-13-43)45(39-60)41-71-26-30-73(31-27-71)47-16-18-51(53(37-47)82-48-36-44-21-24-67-55(44)68-40-48)56(75)69-85(79,80)49-17-19-52(54(38-49)84(77,78)61(63,64)65)66-23-11-25-70(8)34-35-81-86(9,10)59(4,5)6/h12-19,21,24,36-38,40,66H,11,20,22-23,25-35,39,41-42H2,1-10H3,(H,67,68)(H,69,75)/t60-/m1/s1. The van der Waals surface area contributed by atoms with E-state index in [4.69, 9.17) is 25.5 Å². The molecule has 8 rings (SSSR count). The number of nitrogens with zero attached hydrogens (tertiary/aromatic N) is 6. The molecule has 0 bridgehead atoms.